The molecule has 6 heteroatoms. The Morgan fingerprint density at radius 3 is 2.65 bits per heavy atom. The number of non-ortho nitro benzene ring substituents is 1. The summed E-state index contributed by atoms with van der Waals surface area (Å²) in [5, 5.41) is 22.0. The Morgan fingerprint density at radius 1 is 1.39 bits per heavy atom. The number of aliphatic hydroxyl groups excluding tert-OH is 1. The number of nitrogens with zero attached hydrogens (tertiary/aromatic N) is 2. The van der Waals surface area contributed by atoms with Gasteiger partial charge in [-0.15, -0.1) is 0 Å². The number of fused-ring (bicyclic) bond motifs is 1. The Bertz CT molecular complexity index is 631. The van der Waals surface area contributed by atoms with E-state index in [1.165, 1.54) is 6.07 Å². The predicted molar refractivity (Wildman–Crippen MR) is 86.5 cm³/mol. The maximum absolute atomic E-state index is 11.1. The molecule has 4 atom stereocenters. The zero-order valence-electron chi connectivity index (χ0n) is 14.0. The van der Waals surface area contributed by atoms with Crippen molar-refractivity contribution in [2.45, 2.75) is 57.9 Å². The fourth-order valence-corrected chi connectivity index (χ4v) is 3.95. The highest BCUT2D eigenvalue weighted by atomic mass is 16.6. The van der Waals surface area contributed by atoms with Crippen LogP contribution in [0.25, 0.3) is 0 Å². The lowest BCUT2D eigenvalue weighted by Gasteiger charge is -2.46. The molecule has 1 aromatic rings. The zero-order chi connectivity index (χ0) is 16.9. The average Bonchev–Trinajstić information content (AvgIpc) is 2.78. The average molecular weight is 320 g/mol. The van der Waals surface area contributed by atoms with Crippen molar-refractivity contribution < 1.29 is 14.8 Å². The molecular weight excluding hydrogens is 296 g/mol. The molecular formula is C17H24N2O4. The van der Waals surface area contributed by atoms with E-state index in [4.69, 9.17) is 4.74 Å². The van der Waals surface area contributed by atoms with Crippen molar-refractivity contribution in [2.24, 2.45) is 5.92 Å². The number of likely N-dealkylation sites (tertiary alicyclic amines) is 1. The molecule has 0 saturated carbocycles. The van der Waals surface area contributed by atoms with Gasteiger partial charge in [-0.3, -0.25) is 15.0 Å². The van der Waals surface area contributed by atoms with Crippen LogP contribution in [-0.2, 0) is 0 Å². The van der Waals surface area contributed by atoms with Gasteiger partial charge in [-0.2, -0.15) is 0 Å². The first-order valence-electron chi connectivity index (χ1n) is 8.12. The Morgan fingerprint density at radius 2 is 2.09 bits per heavy atom. The third kappa shape index (κ3) is 2.70. The number of benzene rings is 1. The SMILES string of the molecule is CC1CC(C)N(C2c3cc([N+](=O)[O-])ccc3OC(C)(C)C2O)C1. The van der Waals surface area contributed by atoms with Gasteiger partial charge in [-0.1, -0.05) is 6.92 Å². The number of hydrogen-bond acceptors (Lipinski definition) is 5. The Labute approximate surface area is 136 Å². The van der Waals surface area contributed by atoms with Gasteiger partial charge in [-0.05, 0) is 39.2 Å². The molecule has 0 spiro atoms. The normalized spacial score (nSPS) is 33.1. The highest BCUT2D eigenvalue weighted by Gasteiger charge is 2.48. The summed E-state index contributed by atoms with van der Waals surface area (Å²) in [7, 11) is 0. The first-order chi connectivity index (χ1) is 10.7. The van der Waals surface area contributed by atoms with Gasteiger partial charge in [-0.25, -0.2) is 0 Å². The van der Waals surface area contributed by atoms with Crippen LogP contribution in [-0.4, -0.2) is 39.2 Å². The second-order valence-corrected chi connectivity index (χ2v) is 7.46. The molecule has 2 aliphatic heterocycles. The van der Waals surface area contributed by atoms with Crippen LogP contribution >= 0.6 is 0 Å². The second-order valence-electron chi connectivity index (χ2n) is 7.46. The molecule has 126 valence electrons. The molecule has 4 unspecified atom stereocenters. The van der Waals surface area contributed by atoms with Gasteiger partial charge in [0.1, 0.15) is 17.5 Å². The van der Waals surface area contributed by atoms with Crippen molar-refractivity contribution in [1.29, 1.82) is 0 Å². The van der Waals surface area contributed by atoms with E-state index in [1.54, 1.807) is 12.1 Å². The molecule has 0 radical (unpaired) electrons. The van der Waals surface area contributed by atoms with E-state index in [0.29, 0.717) is 23.3 Å². The molecule has 1 aromatic carbocycles. The van der Waals surface area contributed by atoms with E-state index >= 15 is 0 Å². The second kappa shape index (κ2) is 5.46. The van der Waals surface area contributed by atoms with Crippen LogP contribution in [0.2, 0.25) is 0 Å². The van der Waals surface area contributed by atoms with Crippen LogP contribution in [0.15, 0.2) is 18.2 Å². The minimum absolute atomic E-state index is 0.0316. The van der Waals surface area contributed by atoms with Crippen molar-refractivity contribution in [1.82, 2.24) is 4.90 Å². The van der Waals surface area contributed by atoms with Gasteiger partial charge in [0.05, 0.1) is 11.0 Å². The van der Waals surface area contributed by atoms with Crippen molar-refractivity contribution >= 4 is 5.69 Å². The molecule has 0 aromatic heterocycles. The minimum atomic E-state index is -0.746. The summed E-state index contributed by atoms with van der Waals surface area (Å²) in [5.41, 5.74) is 0.00966. The van der Waals surface area contributed by atoms with E-state index in [0.717, 1.165) is 13.0 Å². The van der Waals surface area contributed by atoms with E-state index in [2.05, 4.69) is 18.7 Å². The molecule has 3 rings (SSSR count). The van der Waals surface area contributed by atoms with Crippen LogP contribution < -0.4 is 4.74 Å². The Hall–Kier alpha value is -1.66. The van der Waals surface area contributed by atoms with Crippen molar-refractivity contribution in [3.63, 3.8) is 0 Å². The lowest BCUT2D eigenvalue weighted by atomic mass is 9.85. The van der Waals surface area contributed by atoms with Crippen LogP contribution in [0, 0.1) is 16.0 Å². The quantitative estimate of drug-likeness (QED) is 0.670. The smallest absolute Gasteiger partial charge is 0.270 e. The van der Waals surface area contributed by atoms with E-state index in [1.807, 2.05) is 13.8 Å². The largest absolute Gasteiger partial charge is 0.485 e. The monoisotopic (exact) mass is 320 g/mol. The molecule has 0 bridgehead atoms. The summed E-state index contributed by atoms with van der Waals surface area (Å²) in [6.45, 7) is 8.94. The first kappa shape index (κ1) is 16.2. The van der Waals surface area contributed by atoms with Crippen LogP contribution in [0.5, 0.6) is 5.75 Å². The Balaban J connectivity index is 2.10. The summed E-state index contributed by atoms with van der Waals surface area (Å²) in [6, 6.07) is 4.70. The summed E-state index contributed by atoms with van der Waals surface area (Å²) < 4.78 is 5.92. The van der Waals surface area contributed by atoms with Crippen molar-refractivity contribution in [3.8, 4) is 5.75 Å². The molecule has 2 aliphatic rings. The molecule has 0 amide bonds. The molecule has 2 heterocycles. The number of aliphatic hydroxyl groups is 1. The summed E-state index contributed by atoms with van der Waals surface area (Å²) >= 11 is 0. The number of hydrogen-bond donors (Lipinski definition) is 1. The summed E-state index contributed by atoms with van der Waals surface area (Å²) in [5.74, 6) is 1.17. The molecule has 1 N–H and O–H groups in total. The molecule has 1 fully saturated rings. The maximum atomic E-state index is 11.1. The molecule has 23 heavy (non-hydrogen) atoms. The van der Waals surface area contributed by atoms with Gasteiger partial charge in [0, 0.05) is 30.3 Å². The molecule has 1 saturated heterocycles. The lowest BCUT2D eigenvalue weighted by Crippen LogP contribution is -2.54. The number of nitro benzene ring substituents is 1. The van der Waals surface area contributed by atoms with Crippen LogP contribution in [0.3, 0.4) is 0 Å². The zero-order valence-corrected chi connectivity index (χ0v) is 14.0. The van der Waals surface area contributed by atoms with Gasteiger partial charge < -0.3 is 9.84 Å². The fourth-order valence-electron chi connectivity index (χ4n) is 3.95. The predicted octanol–water partition coefficient (Wildman–Crippen LogP) is 2.90. The van der Waals surface area contributed by atoms with Gasteiger partial charge >= 0.3 is 0 Å². The minimum Gasteiger partial charge on any atom is -0.485 e. The van der Waals surface area contributed by atoms with Crippen LogP contribution in [0.4, 0.5) is 5.69 Å². The van der Waals surface area contributed by atoms with E-state index < -0.39 is 16.6 Å². The molecule has 6 nitrogen and oxygen atoms in total. The third-order valence-corrected chi connectivity index (χ3v) is 5.10. The van der Waals surface area contributed by atoms with Gasteiger partial charge in [0.2, 0.25) is 0 Å². The number of ether oxygens (including phenoxy) is 1. The van der Waals surface area contributed by atoms with Crippen molar-refractivity contribution in [3.05, 3.63) is 33.9 Å². The topological polar surface area (TPSA) is 75.8 Å². The number of rotatable bonds is 2. The summed E-state index contributed by atoms with van der Waals surface area (Å²) in [6.07, 6.45) is 0.319. The third-order valence-electron chi connectivity index (χ3n) is 5.10. The van der Waals surface area contributed by atoms with E-state index in [9.17, 15) is 15.2 Å². The highest BCUT2D eigenvalue weighted by Crippen LogP contribution is 2.46. The van der Waals surface area contributed by atoms with Crippen LogP contribution in [0.1, 0.15) is 45.7 Å². The van der Waals surface area contributed by atoms with E-state index in [-0.39, 0.29) is 11.7 Å². The highest BCUT2D eigenvalue weighted by molar-refractivity contribution is 5.48. The maximum Gasteiger partial charge on any atom is 0.270 e. The Kier molecular flexibility index (Phi) is 3.84. The molecule has 0 aliphatic carbocycles. The van der Waals surface area contributed by atoms with Gasteiger partial charge in [0.25, 0.3) is 5.69 Å². The summed E-state index contributed by atoms with van der Waals surface area (Å²) in [4.78, 5) is 13.0. The standard InChI is InChI=1S/C17H24N2O4/c1-10-7-11(2)18(9-10)15-13-8-12(19(21)22)5-6-14(13)23-17(3,4)16(15)20/h5-6,8,10-11,15-16,20H,7,9H2,1-4H3. The van der Waals surface area contributed by atoms with Crippen molar-refractivity contribution in [2.75, 3.05) is 6.54 Å². The first-order valence-corrected chi connectivity index (χ1v) is 8.12. The fraction of sp³-hybridized carbons (Fsp3) is 0.647. The lowest BCUT2D eigenvalue weighted by molar-refractivity contribution is -0.385. The number of nitro groups is 1. The van der Waals surface area contributed by atoms with Gasteiger partial charge in [0.15, 0.2) is 0 Å².